The molecule has 0 aliphatic rings. The second-order valence-corrected chi connectivity index (χ2v) is 5.95. The first kappa shape index (κ1) is 22.5. The molecule has 0 saturated carbocycles. The number of aliphatic carboxylic acids is 1. The molecule has 0 bridgehead atoms. The highest BCUT2D eigenvalue weighted by Crippen LogP contribution is 2.17. The van der Waals surface area contributed by atoms with Gasteiger partial charge < -0.3 is 15.2 Å². The standard InChI is InChI=1S/C20H24N2O4.ClH/c1-2-12-22(14-20(24)25)13-19(23)21-17-8-10-18(11-9-17)26-15-16-6-4-3-5-7-16;/h3-11H,2,12-15H2,1H3,(H,21,23)(H,24,25);1H. The maximum Gasteiger partial charge on any atom is 0.317 e. The SMILES string of the molecule is CCCN(CC(=O)O)CC(=O)Nc1ccc(OCc2ccccc2)cc1.Cl. The van der Waals surface area contributed by atoms with Crippen molar-refractivity contribution in [3.63, 3.8) is 0 Å². The molecular weight excluding hydrogens is 368 g/mol. The normalized spacial score (nSPS) is 10.1. The highest BCUT2D eigenvalue weighted by molar-refractivity contribution is 5.92. The van der Waals surface area contributed by atoms with E-state index < -0.39 is 5.97 Å². The summed E-state index contributed by atoms with van der Waals surface area (Å²) >= 11 is 0. The zero-order valence-corrected chi connectivity index (χ0v) is 16.1. The van der Waals surface area contributed by atoms with Gasteiger partial charge in [0.15, 0.2) is 0 Å². The van der Waals surface area contributed by atoms with Crippen LogP contribution in [0, 0.1) is 0 Å². The molecule has 0 aliphatic heterocycles. The number of amides is 1. The van der Waals surface area contributed by atoms with Gasteiger partial charge in [-0.1, -0.05) is 37.3 Å². The van der Waals surface area contributed by atoms with E-state index in [1.165, 1.54) is 0 Å². The summed E-state index contributed by atoms with van der Waals surface area (Å²) < 4.78 is 5.71. The van der Waals surface area contributed by atoms with Crippen molar-refractivity contribution in [1.82, 2.24) is 4.90 Å². The number of carbonyl (C=O) groups is 2. The molecule has 146 valence electrons. The van der Waals surface area contributed by atoms with Gasteiger partial charge >= 0.3 is 5.97 Å². The molecule has 2 rings (SSSR count). The van der Waals surface area contributed by atoms with Gasteiger partial charge in [-0.05, 0) is 42.8 Å². The van der Waals surface area contributed by atoms with Gasteiger partial charge in [-0.25, -0.2) is 0 Å². The van der Waals surface area contributed by atoms with E-state index in [1.807, 2.05) is 37.3 Å². The Bertz CT molecular complexity index is 708. The van der Waals surface area contributed by atoms with Crippen LogP contribution in [-0.4, -0.2) is 41.5 Å². The second kappa shape index (κ2) is 11.9. The molecule has 27 heavy (non-hydrogen) atoms. The Morgan fingerprint density at radius 1 is 1.04 bits per heavy atom. The third-order valence-electron chi connectivity index (χ3n) is 3.65. The fourth-order valence-electron chi connectivity index (χ4n) is 2.50. The number of rotatable bonds is 10. The first-order valence-electron chi connectivity index (χ1n) is 8.57. The zero-order chi connectivity index (χ0) is 18.8. The van der Waals surface area contributed by atoms with Crippen LogP contribution >= 0.6 is 12.4 Å². The molecular formula is C20H25ClN2O4. The minimum absolute atomic E-state index is 0. The molecule has 0 spiro atoms. The monoisotopic (exact) mass is 392 g/mol. The van der Waals surface area contributed by atoms with Crippen LogP contribution in [0.2, 0.25) is 0 Å². The summed E-state index contributed by atoms with van der Waals surface area (Å²) in [5, 5.41) is 11.7. The Kier molecular flexibility index (Phi) is 9.93. The molecule has 2 aromatic carbocycles. The van der Waals surface area contributed by atoms with Gasteiger partial charge in [-0.15, -0.1) is 12.4 Å². The number of carbonyl (C=O) groups excluding carboxylic acids is 1. The summed E-state index contributed by atoms with van der Waals surface area (Å²) in [5.41, 5.74) is 1.73. The van der Waals surface area contributed by atoms with Crippen LogP contribution in [0.15, 0.2) is 54.6 Å². The van der Waals surface area contributed by atoms with Gasteiger partial charge in [-0.3, -0.25) is 14.5 Å². The van der Waals surface area contributed by atoms with Crippen LogP contribution in [0.25, 0.3) is 0 Å². The number of carboxylic acids is 1. The predicted octanol–water partition coefficient (Wildman–Crippen LogP) is 3.42. The molecule has 0 aliphatic carbocycles. The fourth-order valence-corrected chi connectivity index (χ4v) is 2.50. The summed E-state index contributed by atoms with van der Waals surface area (Å²) in [6.45, 7) is 2.89. The number of halogens is 1. The van der Waals surface area contributed by atoms with Gasteiger partial charge in [0.25, 0.3) is 0 Å². The first-order valence-corrected chi connectivity index (χ1v) is 8.57. The van der Waals surface area contributed by atoms with E-state index in [-0.39, 0.29) is 31.4 Å². The van der Waals surface area contributed by atoms with Crippen LogP contribution in [0.5, 0.6) is 5.75 Å². The number of benzene rings is 2. The van der Waals surface area contributed by atoms with E-state index in [1.54, 1.807) is 29.2 Å². The Morgan fingerprint density at radius 3 is 2.30 bits per heavy atom. The van der Waals surface area contributed by atoms with E-state index in [4.69, 9.17) is 9.84 Å². The van der Waals surface area contributed by atoms with E-state index in [2.05, 4.69) is 5.32 Å². The maximum atomic E-state index is 12.1. The van der Waals surface area contributed by atoms with Gasteiger partial charge in [0.1, 0.15) is 12.4 Å². The quantitative estimate of drug-likeness (QED) is 0.647. The highest BCUT2D eigenvalue weighted by atomic mass is 35.5. The summed E-state index contributed by atoms with van der Waals surface area (Å²) in [5.74, 6) is -0.464. The number of hydrogen-bond donors (Lipinski definition) is 2. The van der Waals surface area contributed by atoms with Crippen molar-refractivity contribution in [2.75, 3.05) is 25.0 Å². The highest BCUT2D eigenvalue weighted by Gasteiger charge is 2.13. The Morgan fingerprint density at radius 2 is 1.70 bits per heavy atom. The second-order valence-electron chi connectivity index (χ2n) is 5.95. The number of carboxylic acid groups (broad SMARTS) is 1. The lowest BCUT2D eigenvalue weighted by molar-refractivity contribution is -0.138. The van der Waals surface area contributed by atoms with Crippen LogP contribution in [-0.2, 0) is 16.2 Å². The minimum atomic E-state index is -0.939. The first-order chi connectivity index (χ1) is 12.6. The summed E-state index contributed by atoms with van der Waals surface area (Å²) in [6, 6.07) is 17.0. The summed E-state index contributed by atoms with van der Waals surface area (Å²) in [7, 11) is 0. The zero-order valence-electron chi connectivity index (χ0n) is 15.3. The molecule has 0 saturated heterocycles. The van der Waals surface area contributed by atoms with Crippen molar-refractivity contribution in [3.05, 3.63) is 60.2 Å². The lowest BCUT2D eigenvalue weighted by Crippen LogP contribution is -2.37. The molecule has 1 amide bonds. The number of nitrogens with one attached hydrogen (secondary N) is 1. The van der Waals surface area contributed by atoms with E-state index in [9.17, 15) is 9.59 Å². The fraction of sp³-hybridized carbons (Fsp3) is 0.300. The third kappa shape index (κ3) is 8.57. The number of nitrogens with zero attached hydrogens (tertiary/aromatic N) is 1. The molecule has 0 radical (unpaired) electrons. The molecule has 0 fully saturated rings. The minimum Gasteiger partial charge on any atom is -0.489 e. The average Bonchev–Trinajstić information content (AvgIpc) is 2.61. The topological polar surface area (TPSA) is 78.9 Å². The van der Waals surface area contributed by atoms with E-state index >= 15 is 0 Å². The Balaban J connectivity index is 0.00000364. The largest absolute Gasteiger partial charge is 0.489 e. The lowest BCUT2D eigenvalue weighted by Gasteiger charge is -2.18. The maximum absolute atomic E-state index is 12.1. The van der Waals surface area contributed by atoms with Gasteiger partial charge in [0.2, 0.25) is 5.91 Å². The number of anilines is 1. The molecule has 2 aromatic rings. The third-order valence-corrected chi connectivity index (χ3v) is 3.65. The van der Waals surface area contributed by atoms with Crippen molar-refractivity contribution in [3.8, 4) is 5.75 Å². The van der Waals surface area contributed by atoms with Gasteiger partial charge in [0.05, 0.1) is 13.1 Å². The molecule has 0 atom stereocenters. The number of ether oxygens (including phenoxy) is 1. The molecule has 0 heterocycles. The van der Waals surface area contributed by atoms with Crippen molar-refractivity contribution >= 4 is 30.0 Å². The Hall–Kier alpha value is -2.57. The smallest absolute Gasteiger partial charge is 0.317 e. The number of hydrogen-bond acceptors (Lipinski definition) is 4. The van der Waals surface area contributed by atoms with Crippen LogP contribution in [0.4, 0.5) is 5.69 Å². The molecule has 7 heteroatoms. The van der Waals surface area contributed by atoms with Crippen LogP contribution in [0.3, 0.4) is 0 Å². The van der Waals surface area contributed by atoms with E-state index in [0.717, 1.165) is 12.0 Å². The van der Waals surface area contributed by atoms with Crippen molar-refractivity contribution in [2.24, 2.45) is 0 Å². The van der Waals surface area contributed by atoms with Crippen molar-refractivity contribution in [1.29, 1.82) is 0 Å². The predicted molar refractivity (Wildman–Crippen MR) is 107 cm³/mol. The van der Waals surface area contributed by atoms with Gasteiger partial charge in [-0.2, -0.15) is 0 Å². The molecule has 0 aromatic heterocycles. The summed E-state index contributed by atoms with van der Waals surface area (Å²) in [4.78, 5) is 24.5. The molecule has 6 nitrogen and oxygen atoms in total. The average molecular weight is 393 g/mol. The van der Waals surface area contributed by atoms with Crippen LogP contribution < -0.4 is 10.1 Å². The Labute approximate surface area is 165 Å². The van der Waals surface area contributed by atoms with Crippen molar-refractivity contribution in [2.45, 2.75) is 20.0 Å². The molecule has 2 N–H and O–H groups in total. The van der Waals surface area contributed by atoms with E-state index in [0.29, 0.717) is 24.6 Å². The van der Waals surface area contributed by atoms with Crippen LogP contribution in [0.1, 0.15) is 18.9 Å². The van der Waals surface area contributed by atoms with Gasteiger partial charge in [0, 0.05) is 5.69 Å². The molecule has 0 unspecified atom stereocenters. The lowest BCUT2D eigenvalue weighted by atomic mass is 10.2. The van der Waals surface area contributed by atoms with Crippen molar-refractivity contribution < 1.29 is 19.4 Å². The summed E-state index contributed by atoms with van der Waals surface area (Å²) in [6.07, 6.45) is 0.786.